The summed E-state index contributed by atoms with van der Waals surface area (Å²) in [6.07, 6.45) is 2.86. The molecule has 0 atom stereocenters. The predicted molar refractivity (Wildman–Crippen MR) is 128 cm³/mol. The molecule has 3 aromatic heterocycles. The van der Waals surface area contributed by atoms with Crippen molar-refractivity contribution in [3.05, 3.63) is 77.8 Å². The zero-order valence-electron chi connectivity index (χ0n) is 16.7. The van der Waals surface area contributed by atoms with Gasteiger partial charge in [-0.2, -0.15) is 5.10 Å². The second kappa shape index (κ2) is 7.97. The van der Waals surface area contributed by atoms with E-state index in [9.17, 15) is 13.2 Å². The number of amides is 1. The quantitative estimate of drug-likeness (QED) is 0.387. The first-order chi connectivity index (χ1) is 15.4. The van der Waals surface area contributed by atoms with Gasteiger partial charge in [-0.3, -0.25) is 10.1 Å². The van der Waals surface area contributed by atoms with Gasteiger partial charge in [-0.25, -0.2) is 18.1 Å². The zero-order chi connectivity index (χ0) is 22.3. The minimum absolute atomic E-state index is 0.218. The highest BCUT2D eigenvalue weighted by Gasteiger charge is 2.21. The van der Waals surface area contributed by atoms with E-state index in [1.54, 1.807) is 23.0 Å². The summed E-state index contributed by atoms with van der Waals surface area (Å²) in [6, 6.07) is 18.1. The van der Waals surface area contributed by atoms with Crippen molar-refractivity contribution in [3.8, 4) is 16.3 Å². The lowest BCUT2D eigenvalue weighted by Crippen LogP contribution is -2.11. The van der Waals surface area contributed by atoms with Gasteiger partial charge in [0.05, 0.1) is 31.2 Å². The summed E-state index contributed by atoms with van der Waals surface area (Å²) in [5.74, 6) is -0.335. The summed E-state index contributed by atoms with van der Waals surface area (Å²) in [6.45, 7) is 0. The molecule has 2 aromatic carbocycles. The van der Waals surface area contributed by atoms with E-state index in [4.69, 9.17) is 0 Å². The molecule has 10 heteroatoms. The maximum absolute atomic E-state index is 13.2. The Bertz CT molecular complexity index is 1540. The SMILES string of the molecule is CS(=O)(=O)c1ccc2nc(NC(=O)c3cn(-c4ccccc4)nc3-c3cccs3)sc2c1. The van der Waals surface area contributed by atoms with Crippen molar-refractivity contribution in [1.82, 2.24) is 14.8 Å². The molecular formula is C22H16N4O3S3. The third kappa shape index (κ3) is 3.95. The van der Waals surface area contributed by atoms with Crippen molar-refractivity contribution in [1.29, 1.82) is 0 Å². The third-order valence-corrected chi connectivity index (χ3v) is 7.66. The Morgan fingerprint density at radius 2 is 1.88 bits per heavy atom. The molecule has 1 N–H and O–H groups in total. The standard InChI is InChI=1S/C22H16N4O3S3/c1-32(28,29)15-9-10-17-19(12-15)31-22(23-17)24-21(27)16-13-26(14-6-3-2-4-7-14)25-20(16)18-8-5-11-30-18/h2-13H,1H3,(H,23,24,27). The van der Waals surface area contributed by atoms with Gasteiger partial charge in [0.2, 0.25) is 0 Å². The van der Waals surface area contributed by atoms with Crippen molar-refractivity contribution in [2.75, 3.05) is 11.6 Å². The Morgan fingerprint density at radius 1 is 1.06 bits per heavy atom. The van der Waals surface area contributed by atoms with Gasteiger partial charge >= 0.3 is 0 Å². The second-order valence-corrected chi connectivity index (χ2v) is 11.0. The molecule has 1 amide bonds. The maximum atomic E-state index is 13.2. The summed E-state index contributed by atoms with van der Waals surface area (Å²) in [4.78, 5) is 18.7. The number of fused-ring (bicyclic) bond motifs is 1. The number of para-hydroxylation sites is 1. The fourth-order valence-electron chi connectivity index (χ4n) is 3.20. The molecule has 0 saturated heterocycles. The fraction of sp³-hybridized carbons (Fsp3) is 0.0455. The van der Waals surface area contributed by atoms with Crippen LogP contribution in [-0.4, -0.2) is 35.3 Å². The van der Waals surface area contributed by atoms with E-state index >= 15 is 0 Å². The lowest BCUT2D eigenvalue weighted by Gasteiger charge is -2.00. The van der Waals surface area contributed by atoms with Gasteiger partial charge < -0.3 is 0 Å². The van der Waals surface area contributed by atoms with E-state index in [1.165, 1.54) is 28.7 Å². The van der Waals surface area contributed by atoms with E-state index in [-0.39, 0.29) is 10.8 Å². The number of rotatable bonds is 5. The molecule has 5 aromatic rings. The van der Waals surface area contributed by atoms with Crippen LogP contribution in [0.2, 0.25) is 0 Å². The number of hydrogen-bond donors (Lipinski definition) is 1. The van der Waals surface area contributed by atoms with Crippen LogP contribution in [-0.2, 0) is 9.84 Å². The number of thiophene rings is 1. The third-order valence-electron chi connectivity index (χ3n) is 4.74. The molecule has 0 fully saturated rings. The Hall–Kier alpha value is -3.34. The molecule has 7 nitrogen and oxygen atoms in total. The van der Waals surface area contributed by atoms with Gasteiger partial charge in [0, 0.05) is 12.5 Å². The van der Waals surface area contributed by atoms with Crippen molar-refractivity contribution < 1.29 is 13.2 Å². The average molecular weight is 481 g/mol. The molecule has 0 unspecified atom stereocenters. The number of carbonyl (C=O) groups excluding carboxylic acids is 1. The Balaban J connectivity index is 1.51. The molecule has 32 heavy (non-hydrogen) atoms. The smallest absolute Gasteiger partial charge is 0.261 e. The summed E-state index contributed by atoms with van der Waals surface area (Å²) in [5.41, 5.74) is 2.48. The molecule has 160 valence electrons. The number of anilines is 1. The normalized spacial score (nSPS) is 11.7. The van der Waals surface area contributed by atoms with Crippen LogP contribution in [0.1, 0.15) is 10.4 Å². The summed E-state index contributed by atoms with van der Waals surface area (Å²) in [7, 11) is -3.32. The van der Waals surface area contributed by atoms with Crippen molar-refractivity contribution in [2.45, 2.75) is 4.90 Å². The van der Waals surface area contributed by atoms with E-state index in [2.05, 4.69) is 15.4 Å². The largest absolute Gasteiger partial charge is 0.298 e. The van der Waals surface area contributed by atoms with Crippen LogP contribution in [0.25, 0.3) is 26.5 Å². The number of nitrogens with one attached hydrogen (secondary N) is 1. The molecule has 0 aliphatic carbocycles. The maximum Gasteiger partial charge on any atom is 0.261 e. The summed E-state index contributed by atoms with van der Waals surface area (Å²) < 4.78 is 26.0. The fourth-order valence-corrected chi connectivity index (χ4v) is 5.55. The molecule has 5 rings (SSSR count). The predicted octanol–water partition coefficient (Wildman–Crippen LogP) is 4.87. The van der Waals surface area contributed by atoms with Crippen LogP contribution >= 0.6 is 22.7 Å². The van der Waals surface area contributed by atoms with Gasteiger partial charge in [-0.15, -0.1) is 11.3 Å². The Labute approximate surface area is 191 Å². The summed E-state index contributed by atoms with van der Waals surface area (Å²) >= 11 is 2.73. The lowest BCUT2D eigenvalue weighted by molar-refractivity contribution is 0.102. The molecule has 0 radical (unpaired) electrons. The first-order valence-corrected chi connectivity index (χ1v) is 13.1. The molecule has 3 heterocycles. The number of sulfone groups is 1. The van der Waals surface area contributed by atoms with Crippen LogP contribution in [0.15, 0.2) is 77.1 Å². The number of benzene rings is 2. The van der Waals surface area contributed by atoms with E-state index in [1.807, 2.05) is 47.8 Å². The van der Waals surface area contributed by atoms with Crippen LogP contribution in [0.5, 0.6) is 0 Å². The molecule has 0 aliphatic rings. The van der Waals surface area contributed by atoms with Gasteiger partial charge in [0.1, 0.15) is 5.69 Å². The molecule has 0 spiro atoms. The van der Waals surface area contributed by atoms with Crippen molar-refractivity contribution >= 4 is 53.8 Å². The van der Waals surface area contributed by atoms with Crippen molar-refractivity contribution in [2.24, 2.45) is 0 Å². The van der Waals surface area contributed by atoms with Crippen LogP contribution < -0.4 is 5.32 Å². The molecule has 0 bridgehead atoms. The minimum atomic E-state index is -3.32. The number of carbonyl (C=O) groups is 1. The number of aromatic nitrogens is 3. The Morgan fingerprint density at radius 3 is 2.59 bits per heavy atom. The topological polar surface area (TPSA) is 94.0 Å². The van der Waals surface area contributed by atoms with E-state index in [0.717, 1.165) is 16.8 Å². The Kier molecular flexibility index (Phi) is 5.12. The molecule has 0 aliphatic heterocycles. The highest BCUT2D eigenvalue weighted by Crippen LogP contribution is 2.31. The van der Waals surface area contributed by atoms with Gasteiger partial charge in [-0.05, 0) is 41.8 Å². The first kappa shape index (κ1) is 20.6. The summed E-state index contributed by atoms with van der Waals surface area (Å²) in [5, 5.41) is 9.82. The van der Waals surface area contributed by atoms with E-state index < -0.39 is 9.84 Å². The minimum Gasteiger partial charge on any atom is -0.298 e. The number of nitrogens with zero attached hydrogens (tertiary/aromatic N) is 3. The highest BCUT2D eigenvalue weighted by molar-refractivity contribution is 7.90. The number of hydrogen-bond acceptors (Lipinski definition) is 7. The lowest BCUT2D eigenvalue weighted by atomic mass is 10.2. The zero-order valence-corrected chi connectivity index (χ0v) is 19.2. The van der Waals surface area contributed by atoms with Crippen molar-refractivity contribution in [3.63, 3.8) is 0 Å². The van der Waals surface area contributed by atoms with Crippen LogP contribution in [0, 0.1) is 0 Å². The monoisotopic (exact) mass is 480 g/mol. The van der Waals surface area contributed by atoms with Gasteiger partial charge in [-0.1, -0.05) is 35.6 Å². The van der Waals surface area contributed by atoms with Crippen LogP contribution in [0.4, 0.5) is 5.13 Å². The van der Waals surface area contributed by atoms with E-state index in [0.29, 0.717) is 26.6 Å². The first-order valence-electron chi connectivity index (χ1n) is 9.49. The molecule has 0 saturated carbocycles. The highest BCUT2D eigenvalue weighted by atomic mass is 32.2. The second-order valence-electron chi connectivity index (χ2n) is 7.02. The molecular weight excluding hydrogens is 464 g/mol. The van der Waals surface area contributed by atoms with Gasteiger partial charge in [0.15, 0.2) is 15.0 Å². The van der Waals surface area contributed by atoms with Crippen LogP contribution in [0.3, 0.4) is 0 Å². The average Bonchev–Trinajstić information content (AvgIpc) is 3.51. The van der Waals surface area contributed by atoms with Gasteiger partial charge in [0.25, 0.3) is 5.91 Å². The number of thiazole rings is 1.